The lowest BCUT2D eigenvalue weighted by molar-refractivity contribution is 0.436. The first kappa shape index (κ1) is 60.3. The minimum atomic E-state index is -0.566. The Labute approximate surface area is 623 Å². The van der Waals surface area contributed by atoms with Gasteiger partial charge in [0.25, 0.3) is 0 Å². The van der Waals surface area contributed by atoms with E-state index >= 15 is 0 Å². The zero-order chi connectivity index (χ0) is 70.8. The molecule has 0 fully saturated rings. The zero-order valence-corrected chi connectivity index (χ0v) is 58.1. The van der Waals surface area contributed by atoms with Crippen LogP contribution in [-0.4, -0.2) is 29.9 Å². The summed E-state index contributed by atoms with van der Waals surface area (Å²) in [5.74, 6) is 7.00. The Kier molecular flexibility index (Phi) is 13.0. The molecule has 8 nitrogen and oxygen atoms in total. The van der Waals surface area contributed by atoms with Crippen LogP contribution in [0.4, 0.5) is 0 Å². The van der Waals surface area contributed by atoms with Gasteiger partial charge in [0.15, 0.2) is 34.9 Å². The third-order valence-corrected chi connectivity index (χ3v) is 23.5. The molecule has 0 N–H and O–H groups in total. The van der Waals surface area contributed by atoms with Crippen LogP contribution in [0.5, 0.6) is 23.0 Å². The molecular weight excluding hydrogens is 1320 g/mol. The highest BCUT2D eigenvalue weighted by atomic mass is 16.5. The van der Waals surface area contributed by atoms with E-state index in [1.807, 2.05) is 36.4 Å². The van der Waals surface area contributed by atoms with Crippen LogP contribution >= 0.6 is 0 Å². The van der Waals surface area contributed by atoms with Crippen molar-refractivity contribution in [3.8, 4) is 136 Å². The van der Waals surface area contributed by atoms with Gasteiger partial charge in [-0.05, 0) is 149 Å². The summed E-state index contributed by atoms with van der Waals surface area (Å²) in [5, 5.41) is 0. The van der Waals surface area contributed by atoms with Gasteiger partial charge >= 0.3 is 0 Å². The summed E-state index contributed by atoms with van der Waals surface area (Å²) in [6.07, 6.45) is 0. The highest BCUT2D eigenvalue weighted by Gasteiger charge is 2.53. The van der Waals surface area contributed by atoms with Crippen LogP contribution in [0.25, 0.3) is 113 Å². The number of fused-ring (bicyclic) bond motifs is 18. The first-order chi connectivity index (χ1) is 53.5. The Morgan fingerprint density at radius 3 is 0.806 bits per heavy atom. The Balaban J connectivity index is 0.586. The van der Waals surface area contributed by atoms with Crippen molar-refractivity contribution in [1.29, 1.82) is 0 Å². The van der Waals surface area contributed by atoms with E-state index in [1.54, 1.807) is 0 Å². The molecule has 0 saturated heterocycles. The average Bonchev–Trinajstić information content (AvgIpc) is 1.52. The predicted molar refractivity (Wildman–Crippen MR) is 426 cm³/mol. The van der Waals surface area contributed by atoms with Crippen LogP contribution in [0.2, 0.25) is 0 Å². The van der Waals surface area contributed by atoms with E-state index in [9.17, 15) is 0 Å². The third-order valence-electron chi connectivity index (χ3n) is 23.5. The minimum Gasteiger partial charge on any atom is -0.457 e. The maximum Gasteiger partial charge on any atom is 0.164 e. The molecule has 108 heavy (non-hydrogen) atoms. The van der Waals surface area contributed by atoms with Crippen molar-refractivity contribution in [1.82, 2.24) is 29.9 Å². The number of para-hydroxylation sites is 2. The molecule has 0 saturated carbocycles. The van der Waals surface area contributed by atoms with Crippen LogP contribution in [0.3, 0.4) is 0 Å². The molecule has 24 rings (SSSR count). The van der Waals surface area contributed by atoms with Gasteiger partial charge in [0.05, 0.1) is 10.8 Å². The standard InChI is InChI=1S/C100H60N6O2/c1-3-21-61(22-4-1)93-101-95(63-43-39-59(40-44-63)65-49-53-89-85(57-65)99(83-35-17-19-37-87(83)107-89)79-31-13-9-25-69(79)70-26-10-14-32-80(70)99)105-97(103-93)67-47-51-75-77(55-67)91-73-29-7-8-30-74(73)92(75)78-56-68(48-52-76(78)91)98-104-94(62-23-5-2-6-24-62)102-96(106-98)64-45-41-60(42-46-64)66-50-54-90-86(58-66)100(84-36-18-20-38-88(84)108-90)81-33-15-11-27-71(81)72-28-12-16-34-82(72)100/h1-58,91-92H. The summed E-state index contributed by atoms with van der Waals surface area (Å²) in [4.78, 5) is 31.8. The van der Waals surface area contributed by atoms with Gasteiger partial charge in [-0.15, -0.1) is 0 Å². The zero-order valence-electron chi connectivity index (χ0n) is 58.1. The monoisotopic (exact) mass is 1380 g/mol. The average molecular weight is 1380 g/mol. The maximum absolute atomic E-state index is 6.80. The molecule has 7 aliphatic rings. The molecule has 2 unspecified atom stereocenters. The number of ether oxygens (including phenoxy) is 2. The van der Waals surface area contributed by atoms with E-state index in [4.69, 9.17) is 39.4 Å². The Bertz CT molecular complexity index is 6160. The van der Waals surface area contributed by atoms with Crippen LogP contribution < -0.4 is 9.47 Å². The van der Waals surface area contributed by atoms with Crippen molar-refractivity contribution in [2.45, 2.75) is 22.7 Å². The second-order valence-corrected chi connectivity index (χ2v) is 29.0. The number of aromatic nitrogens is 6. The summed E-state index contributed by atoms with van der Waals surface area (Å²) in [7, 11) is 0. The fourth-order valence-corrected chi connectivity index (χ4v) is 18.9. The molecule has 2 aromatic heterocycles. The normalized spacial score (nSPS) is 15.1. The molecule has 2 atom stereocenters. The molecule has 15 aromatic carbocycles. The van der Waals surface area contributed by atoms with Gasteiger partial charge in [-0.3, -0.25) is 0 Å². The Morgan fingerprint density at radius 1 is 0.176 bits per heavy atom. The SMILES string of the molecule is c1ccc(-c2nc(-c3ccc(-c4ccc5c(c4)C4(c6ccccc6O5)c5ccccc5-c5ccccc54)cc3)nc(-c3ccc4c(c3)C3c5ccccc5C4c4cc(-c5nc(-c6ccccc6)nc(-c6ccc(-c7ccc8c(c7)C7(c9ccccc9O8)c8ccccc8-c8ccccc87)cc6)n5)ccc43)n2)cc1. The molecule has 17 aromatic rings. The van der Waals surface area contributed by atoms with Crippen molar-refractivity contribution >= 4 is 0 Å². The number of hydrogen-bond acceptors (Lipinski definition) is 8. The second kappa shape index (κ2) is 23.2. The third kappa shape index (κ3) is 8.74. The first-order valence-corrected chi connectivity index (χ1v) is 36.9. The van der Waals surface area contributed by atoms with E-state index < -0.39 is 10.8 Å². The molecule has 4 heterocycles. The number of rotatable bonds is 8. The fraction of sp³-hybridized carbons (Fsp3) is 0.0400. The summed E-state index contributed by atoms with van der Waals surface area (Å²) < 4.78 is 13.6. The largest absolute Gasteiger partial charge is 0.457 e. The van der Waals surface area contributed by atoms with E-state index in [0.717, 1.165) is 101 Å². The summed E-state index contributed by atoms with van der Waals surface area (Å²) >= 11 is 0. The molecule has 2 bridgehead atoms. The minimum absolute atomic E-state index is 0.0494. The highest BCUT2D eigenvalue weighted by molar-refractivity contribution is 5.92. The van der Waals surface area contributed by atoms with E-state index in [-0.39, 0.29) is 11.8 Å². The van der Waals surface area contributed by atoms with Gasteiger partial charge in [0.2, 0.25) is 0 Å². The molecule has 0 radical (unpaired) electrons. The van der Waals surface area contributed by atoms with Gasteiger partial charge in [-0.1, -0.05) is 303 Å². The summed E-state index contributed by atoms with van der Waals surface area (Å²) in [5.41, 5.74) is 30.8. The van der Waals surface area contributed by atoms with Crippen LogP contribution in [0, 0.1) is 0 Å². The predicted octanol–water partition coefficient (Wildman–Crippen LogP) is 23.3. The van der Waals surface area contributed by atoms with Gasteiger partial charge in [-0.25, -0.2) is 29.9 Å². The fourth-order valence-electron chi connectivity index (χ4n) is 18.9. The van der Waals surface area contributed by atoms with Gasteiger partial charge < -0.3 is 9.47 Å². The van der Waals surface area contributed by atoms with E-state index in [0.29, 0.717) is 34.9 Å². The number of benzene rings is 15. The van der Waals surface area contributed by atoms with E-state index in [1.165, 1.54) is 77.9 Å². The highest BCUT2D eigenvalue weighted by Crippen LogP contribution is 2.65. The van der Waals surface area contributed by atoms with Crippen LogP contribution in [0.1, 0.15) is 89.7 Å². The molecule has 5 aliphatic carbocycles. The molecular formula is C100H60N6O2. The lowest BCUT2D eigenvalue weighted by Crippen LogP contribution is -2.32. The van der Waals surface area contributed by atoms with Crippen molar-refractivity contribution in [3.05, 3.63) is 430 Å². The Hall–Kier alpha value is -14.1. The summed E-state index contributed by atoms with van der Waals surface area (Å²) in [6.45, 7) is 0. The first-order valence-electron chi connectivity index (χ1n) is 36.9. The molecule has 2 spiro atoms. The van der Waals surface area contributed by atoms with Crippen molar-refractivity contribution in [3.63, 3.8) is 0 Å². The Morgan fingerprint density at radius 2 is 0.435 bits per heavy atom. The van der Waals surface area contributed by atoms with Gasteiger partial charge in [0.1, 0.15) is 23.0 Å². The van der Waals surface area contributed by atoms with Crippen molar-refractivity contribution < 1.29 is 9.47 Å². The van der Waals surface area contributed by atoms with E-state index in [2.05, 4.69) is 315 Å². The molecule has 8 heteroatoms. The topological polar surface area (TPSA) is 95.8 Å². The second-order valence-electron chi connectivity index (χ2n) is 29.0. The van der Waals surface area contributed by atoms with Gasteiger partial charge in [0, 0.05) is 67.5 Å². The van der Waals surface area contributed by atoms with Crippen LogP contribution in [0.15, 0.2) is 352 Å². The smallest absolute Gasteiger partial charge is 0.164 e. The maximum atomic E-state index is 6.80. The quantitative estimate of drug-likeness (QED) is 0.148. The molecule has 2 aliphatic heterocycles. The van der Waals surface area contributed by atoms with Crippen LogP contribution in [-0.2, 0) is 10.8 Å². The van der Waals surface area contributed by atoms with Gasteiger partial charge in [-0.2, -0.15) is 0 Å². The lowest BCUT2D eigenvalue weighted by Gasteiger charge is -2.42. The number of nitrogens with zero attached hydrogens (tertiary/aromatic N) is 6. The lowest BCUT2D eigenvalue weighted by atomic mass is 9.61. The molecule has 0 amide bonds. The van der Waals surface area contributed by atoms with Crippen molar-refractivity contribution in [2.75, 3.05) is 0 Å². The molecule has 502 valence electrons. The summed E-state index contributed by atoms with van der Waals surface area (Å²) in [6, 6.07) is 126. The number of hydrogen-bond donors (Lipinski definition) is 0. The van der Waals surface area contributed by atoms with Crippen molar-refractivity contribution in [2.24, 2.45) is 0 Å².